The lowest BCUT2D eigenvalue weighted by Crippen LogP contribution is -2.28. The average molecular weight is 241 g/mol. The molecule has 0 aliphatic heterocycles. The fourth-order valence-electron chi connectivity index (χ4n) is 1.29. The van der Waals surface area contributed by atoms with Crippen molar-refractivity contribution in [3.63, 3.8) is 0 Å². The Balaban J connectivity index is 2.63. The van der Waals surface area contributed by atoms with Crippen molar-refractivity contribution in [2.45, 2.75) is 20.0 Å². The van der Waals surface area contributed by atoms with Gasteiger partial charge in [-0.15, -0.1) is 0 Å². The number of benzene rings is 1. The van der Waals surface area contributed by atoms with E-state index in [1.54, 1.807) is 19.9 Å². The van der Waals surface area contributed by atoms with E-state index in [4.69, 9.17) is 4.74 Å². The van der Waals surface area contributed by atoms with Crippen molar-refractivity contribution in [2.75, 3.05) is 13.2 Å². The minimum absolute atomic E-state index is 0.000605. The third kappa shape index (κ3) is 4.03. The van der Waals surface area contributed by atoms with E-state index in [0.29, 0.717) is 12.1 Å². The number of carbonyl (C=O) groups excluding carboxylic acids is 1. The molecule has 0 radical (unpaired) electrons. The fraction of sp³-hybridized carbons (Fsp3) is 0.417. The first kappa shape index (κ1) is 13.4. The number of aliphatic hydroxyl groups is 1. The smallest absolute Gasteiger partial charge is 0.257 e. The molecule has 1 atom stereocenters. The van der Waals surface area contributed by atoms with Crippen LogP contribution in [0, 0.1) is 5.82 Å². The molecule has 1 aromatic carbocycles. The highest BCUT2D eigenvalue weighted by Crippen LogP contribution is 2.21. The van der Waals surface area contributed by atoms with Crippen LogP contribution in [0.5, 0.6) is 5.75 Å². The Bertz CT molecular complexity index is 393. The van der Waals surface area contributed by atoms with E-state index in [9.17, 15) is 14.3 Å². The molecule has 0 aromatic heterocycles. The van der Waals surface area contributed by atoms with Gasteiger partial charge in [-0.25, -0.2) is 4.39 Å². The molecule has 0 fully saturated rings. The fourth-order valence-corrected chi connectivity index (χ4v) is 1.29. The first-order valence-corrected chi connectivity index (χ1v) is 5.41. The second-order valence-corrected chi connectivity index (χ2v) is 3.61. The van der Waals surface area contributed by atoms with E-state index in [0.717, 1.165) is 0 Å². The molecule has 0 aliphatic carbocycles. The van der Waals surface area contributed by atoms with Gasteiger partial charge < -0.3 is 15.2 Å². The molecule has 0 saturated heterocycles. The number of hydrogen-bond acceptors (Lipinski definition) is 3. The summed E-state index contributed by atoms with van der Waals surface area (Å²) in [5.41, 5.74) is 0.466. The number of halogens is 1. The Morgan fingerprint density at radius 1 is 1.59 bits per heavy atom. The Kier molecular flexibility index (Phi) is 4.90. The number of rotatable bonds is 5. The third-order valence-electron chi connectivity index (χ3n) is 2.17. The lowest BCUT2D eigenvalue weighted by Gasteiger charge is -2.09. The maximum absolute atomic E-state index is 13.5. The molecule has 17 heavy (non-hydrogen) atoms. The van der Waals surface area contributed by atoms with Gasteiger partial charge in [0, 0.05) is 6.54 Å². The number of amides is 1. The molecule has 5 heteroatoms. The summed E-state index contributed by atoms with van der Waals surface area (Å²) in [7, 11) is 0. The predicted octanol–water partition coefficient (Wildman–Crippen LogP) is 1.39. The lowest BCUT2D eigenvalue weighted by atomic mass is 10.1. The molecule has 4 nitrogen and oxygen atoms in total. The average Bonchev–Trinajstić information content (AvgIpc) is 2.27. The number of likely N-dealkylation sites (N-methyl/N-ethyl adjacent to an activating group) is 1. The molecule has 1 rings (SSSR count). The molecule has 0 spiro atoms. The highest BCUT2D eigenvalue weighted by atomic mass is 19.1. The Morgan fingerprint density at radius 2 is 2.29 bits per heavy atom. The van der Waals surface area contributed by atoms with Crippen LogP contribution in [0.15, 0.2) is 18.2 Å². The van der Waals surface area contributed by atoms with E-state index in [2.05, 4.69) is 5.32 Å². The molecule has 1 amide bonds. The standard InChI is InChI=1S/C12H16FNO3/c1-3-14-12(16)7-17-11-5-4-9(8(2)15)6-10(11)13/h4-6,8,15H,3,7H2,1-2H3,(H,14,16)/t8-/m0/s1. The van der Waals surface area contributed by atoms with Crippen LogP contribution in [0.25, 0.3) is 0 Å². The Labute approximate surface area is 99.4 Å². The van der Waals surface area contributed by atoms with Gasteiger partial charge in [-0.1, -0.05) is 6.07 Å². The zero-order valence-corrected chi connectivity index (χ0v) is 9.87. The van der Waals surface area contributed by atoms with Gasteiger partial charge in [-0.3, -0.25) is 4.79 Å². The highest BCUT2D eigenvalue weighted by molar-refractivity contribution is 5.77. The summed E-state index contributed by atoms with van der Waals surface area (Å²) in [5, 5.41) is 11.8. The topological polar surface area (TPSA) is 58.6 Å². The van der Waals surface area contributed by atoms with Crippen molar-refractivity contribution in [1.82, 2.24) is 5.32 Å². The SMILES string of the molecule is CCNC(=O)COc1ccc([C@H](C)O)cc1F. The molecule has 0 bridgehead atoms. The van der Waals surface area contributed by atoms with Crippen LogP contribution in [-0.2, 0) is 4.79 Å². The van der Waals surface area contributed by atoms with Gasteiger partial charge in [0.25, 0.3) is 5.91 Å². The first-order valence-electron chi connectivity index (χ1n) is 5.41. The van der Waals surface area contributed by atoms with E-state index in [-0.39, 0.29) is 18.3 Å². The number of nitrogens with one attached hydrogen (secondary N) is 1. The van der Waals surface area contributed by atoms with Crippen LogP contribution in [0.3, 0.4) is 0 Å². The van der Waals surface area contributed by atoms with Crippen LogP contribution in [0.1, 0.15) is 25.5 Å². The quantitative estimate of drug-likeness (QED) is 0.819. The van der Waals surface area contributed by atoms with E-state index in [1.165, 1.54) is 12.1 Å². The molecule has 0 saturated carbocycles. The van der Waals surface area contributed by atoms with E-state index < -0.39 is 11.9 Å². The highest BCUT2D eigenvalue weighted by Gasteiger charge is 2.09. The maximum Gasteiger partial charge on any atom is 0.257 e. The summed E-state index contributed by atoms with van der Waals surface area (Å²) in [4.78, 5) is 11.1. The molecule has 1 aromatic rings. The van der Waals surface area contributed by atoms with Crippen LogP contribution in [0.4, 0.5) is 4.39 Å². The first-order chi connectivity index (χ1) is 8.04. The minimum Gasteiger partial charge on any atom is -0.481 e. The van der Waals surface area contributed by atoms with Crippen LogP contribution in [0.2, 0.25) is 0 Å². The zero-order chi connectivity index (χ0) is 12.8. The Hall–Kier alpha value is -1.62. The number of carbonyl (C=O) groups is 1. The largest absolute Gasteiger partial charge is 0.481 e. The second-order valence-electron chi connectivity index (χ2n) is 3.61. The zero-order valence-electron chi connectivity index (χ0n) is 9.87. The van der Waals surface area contributed by atoms with Crippen molar-refractivity contribution < 1.29 is 19.0 Å². The number of ether oxygens (including phenoxy) is 1. The molecule has 0 unspecified atom stereocenters. The summed E-state index contributed by atoms with van der Waals surface area (Å²) in [6, 6.07) is 4.15. The summed E-state index contributed by atoms with van der Waals surface area (Å²) < 4.78 is 18.5. The van der Waals surface area contributed by atoms with Gasteiger partial charge in [-0.2, -0.15) is 0 Å². The Morgan fingerprint density at radius 3 is 2.82 bits per heavy atom. The molecule has 94 valence electrons. The van der Waals surface area contributed by atoms with Gasteiger partial charge in [-0.05, 0) is 31.5 Å². The van der Waals surface area contributed by atoms with Crippen molar-refractivity contribution in [3.8, 4) is 5.75 Å². The van der Waals surface area contributed by atoms with Crippen LogP contribution < -0.4 is 10.1 Å². The predicted molar refractivity (Wildman–Crippen MR) is 61.2 cm³/mol. The monoisotopic (exact) mass is 241 g/mol. The molecular weight excluding hydrogens is 225 g/mol. The third-order valence-corrected chi connectivity index (χ3v) is 2.17. The van der Waals surface area contributed by atoms with Gasteiger partial charge in [0.1, 0.15) is 0 Å². The maximum atomic E-state index is 13.5. The lowest BCUT2D eigenvalue weighted by molar-refractivity contribution is -0.123. The van der Waals surface area contributed by atoms with Crippen molar-refractivity contribution in [3.05, 3.63) is 29.6 Å². The van der Waals surface area contributed by atoms with Gasteiger partial charge in [0.05, 0.1) is 6.10 Å². The second kappa shape index (κ2) is 6.20. The normalized spacial score (nSPS) is 12.0. The summed E-state index contributed by atoms with van der Waals surface area (Å²) in [6.07, 6.45) is -0.734. The minimum atomic E-state index is -0.734. The summed E-state index contributed by atoms with van der Waals surface area (Å²) in [6.45, 7) is 3.62. The number of aliphatic hydroxyl groups excluding tert-OH is 1. The van der Waals surface area contributed by atoms with Crippen molar-refractivity contribution in [1.29, 1.82) is 0 Å². The van der Waals surface area contributed by atoms with Gasteiger partial charge in [0.2, 0.25) is 0 Å². The van der Waals surface area contributed by atoms with Crippen molar-refractivity contribution >= 4 is 5.91 Å². The van der Waals surface area contributed by atoms with Gasteiger partial charge in [0.15, 0.2) is 18.2 Å². The molecular formula is C12H16FNO3. The van der Waals surface area contributed by atoms with Crippen LogP contribution in [-0.4, -0.2) is 24.2 Å². The van der Waals surface area contributed by atoms with E-state index >= 15 is 0 Å². The van der Waals surface area contributed by atoms with Gasteiger partial charge >= 0.3 is 0 Å². The molecule has 0 heterocycles. The molecule has 2 N–H and O–H groups in total. The summed E-state index contributed by atoms with van der Waals surface area (Å²) >= 11 is 0. The van der Waals surface area contributed by atoms with Crippen molar-refractivity contribution in [2.24, 2.45) is 0 Å². The summed E-state index contributed by atoms with van der Waals surface area (Å²) in [5.74, 6) is -0.889. The number of hydrogen-bond donors (Lipinski definition) is 2. The van der Waals surface area contributed by atoms with E-state index in [1.807, 2.05) is 0 Å². The molecule has 0 aliphatic rings. The van der Waals surface area contributed by atoms with Crippen LogP contribution >= 0.6 is 0 Å².